The maximum atomic E-state index is 4.05. The highest BCUT2D eigenvalue weighted by atomic mass is 32.1. The Labute approximate surface area is 95.4 Å². The van der Waals surface area contributed by atoms with Crippen molar-refractivity contribution in [3.05, 3.63) is 11.1 Å². The van der Waals surface area contributed by atoms with Gasteiger partial charge in [0.05, 0.1) is 5.69 Å². The van der Waals surface area contributed by atoms with Crippen LogP contribution in [0.5, 0.6) is 0 Å². The van der Waals surface area contributed by atoms with Crippen molar-refractivity contribution in [1.29, 1.82) is 0 Å². The van der Waals surface area contributed by atoms with Gasteiger partial charge in [-0.25, -0.2) is 0 Å². The fourth-order valence-electron chi connectivity index (χ4n) is 2.37. The number of aromatic nitrogens is 2. The van der Waals surface area contributed by atoms with Gasteiger partial charge in [0.15, 0.2) is 0 Å². The van der Waals surface area contributed by atoms with E-state index in [-0.39, 0.29) is 0 Å². The van der Waals surface area contributed by atoms with Gasteiger partial charge in [-0.15, -0.1) is 5.10 Å². The molecular formula is C11H19N3S. The minimum atomic E-state index is 0.662. The van der Waals surface area contributed by atoms with Gasteiger partial charge in [0.25, 0.3) is 0 Å². The first kappa shape index (κ1) is 11.0. The molecule has 1 aliphatic carbocycles. The normalized spacial score (nSPS) is 31.7. The molecule has 0 amide bonds. The molecule has 3 atom stereocenters. The van der Waals surface area contributed by atoms with Crippen LogP contribution in [0.15, 0.2) is 5.38 Å². The molecule has 0 spiro atoms. The summed E-state index contributed by atoms with van der Waals surface area (Å²) in [5.74, 6) is 1.63. The van der Waals surface area contributed by atoms with Crippen LogP contribution in [0.4, 0.5) is 0 Å². The van der Waals surface area contributed by atoms with Crippen LogP contribution < -0.4 is 5.32 Å². The fourth-order valence-corrected chi connectivity index (χ4v) is 2.82. The third-order valence-electron chi connectivity index (χ3n) is 3.66. The summed E-state index contributed by atoms with van der Waals surface area (Å²) in [6.07, 6.45) is 4.05. The Morgan fingerprint density at radius 2 is 2.33 bits per heavy atom. The molecule has 0 saturated heterocycles. The lowest BCUT2D eigenvalue weighted by molar-refractivity contribution is 0.205. The Balaban J connectivity index is 1.83. The van der Waals surface area contributed by atoms with Crippen LogP contribution >= 0.6 is 11.5 Å². The van der Waals surface area contributed by atoms with E-state index in [0.717, 1.165) is 24.1 Å². The van der Waals surface area contributed by atoms with Gasteiger partial charge in [-0.2, -0.15) is 0 Å². The number of hydrogen-bond acceptors (Lipinski definition) is 4. The van der Waals surface area contributed by atoms with Crippen molar-refractivity contribution < 1.29 is 0 Å². The first-order valence-electron chi connectivity index (χ1n) is 5.76. The Kier molecular flexibility index (Phi) is 3.70. The summed E-state index contributed by atoms with van der Waals surface area (Å²) in [4.78, 5) is 0. The zero-order valence-corrected chi connectivity index (χ0v) is 10.3. The van der Waals surface area contributed by atoms with Gasteiger partial charge in [-0.05, 0) is 29.8 Å². The minimum absolute atomic E-state index is 0.662. The second-order valence-corrected chi connectivity index (χ2v) is 5.26. The van der Waals surface area contributed by atoms with E-state index in [1.165, 1.54) is 30.8 Å². The largest absolute Gasteiger partial charge is 0.308 e. The molecule has 1 saturated carbocycles. The molecule has 1 aromatic rings. The maximum absolute atomic E-state index is 4.05. The molecule has 4 heteroatoms. The summed E-state index contributed by atoms with van der Waals surface area (Å²) >= 11 is 1.43. The summed E-state index contributed by atoms with van der Waals surface area (Å²) in [5.41, 5.74) is 1.07. The van der Waals surface area contributed by atoms with Crippen molar-refractivity contribution in [3.63, 3.8) is 0 Å². The van der Waals surface area contributed by atoms with E-state index in [0.29, 0.717) is 6.04 Å². The number of rotatable bonds is 3. The Bertz CT molecular complexity index is 286. The Hall–Kier alpha value is -0.480. The monoisotopic (exact) mass is 225 g/mol. The van der Waals surface area contributed by atoms with E-state index >= 15 is 0 Å². The summed E-state index contributed by atoms with van der Waals surface area (Å²) in [6.45, 7) is 5.60. The number of nitrogens with zero attached hydrogens (tertiary/aromatic N) is 2. The van der Waals surface area contributed by atoms with E-state index < -0.39 is 0 Å². The lowest BCUT2D eigenvalue weighted by atomic mass is 9.78. The molecule has 0 aliphatic heterocycles. The topological polar surface area (TPSA) is 37.8 Å². The predicted molar refractivity (Wildman–Crippen MR) is 62.7 cm³/mol. The quantitative estimate of drug-likeness (QED) is 0.858. The van der Waals surface area contributed by atoms with Crippen LogP contribution in [0.25, 0.3) is 0 Å². The molecule has 0 bridgehead atoms. The molecule has 0 radical (unpaired) electrons. The second-order valence-electron chi connectivity index (χ2n) is 4.65. The van der Waals surface area contributed by atoms with Gasteiger partial charge in [0.1, 0.15) is 0 Å². The maximum Gasteiger partial charge on any atom is 0.0893 e. The molecular weight excluding hydrogens is 206 g/mol. The molecule has 1 fully saturated rings. The number of nitrogens with one attached hydrogen (secondary N) is 1. The average Bonchev–Trinajstić information content (AvgIpc) is 2.73. The highest BCUT2D eigenvalue weighted by Crippen LogP contribution is 2.29. The van der Waals surface area contributed by atoms with Crippen LogP contribution in [-0.2, 0) is 6.54 Å². The first-order chi connectivity index (χ1) is 7.27. The molecule has 2 rings (SSSR count). The smallest absolute Gasteiger partial charge is 0.0893 e. The van der Waals surface area contributed by atoms with Crippen LogP contribution in [0.3, 0.4) is 0 Å². The van der Waals surface area contributed by atoms with Crippen LogP contribution in [0, 0.1) is 11.8 Å². The van der Waals surface area contributed by atoms with Crippen molar-refractivity contribution in [3.8, 4) is 0 Å². The van der Waals surface area contributed by atoms with Gasteiger partial charge in [0, 0.05) is 18.0 Å². The highest BCUT2D eigenvalue weighted by Gasteiger charge is 2.26. The van der Waals surface area contributed by atoms with E-state index in [1.807, 2.05) is 5.38 Å². The van der Waals surface area contributed by atoms with E-state index in [9.17, 15) is 0 Å². The van der Waals surface area contributed by atoms with Crippen LogP contribution in [-0.4, -0.2) is 15.6 Å². The van der Waals surface area contributed by atoms with Crippen LogP contribution in [0.1, 0.15) is 38.8 Å². The Morgan fingerprint density at radius 1 is 1.47 bits per heavy atom. The molecule has 0 aromatic carbocycles. The van der Waals surface area contributed by atoms with E-state index in [2.05, 4.69) is 28.8 Å². The molecule has 3 nitrogen and oxygen atoms in total. The molecule has 1 heterocycles. The molecule has 0 unspecified atom stereocenters. The Morgan fingerprint density at radius 3 is 3.07 bits per heavy atom. The van der Waals surface area contributed by atoms with Crippen molar-refractivity contribution in [2.45, 2.75) is 45.7 Å². The number of hydrogen-bond donors (Lipinski definition) is 1. The van der Waals surface area contributed by atoms with Gasteiger partial charge < -0.3 is 5.32 Å². The van der Waals surface area contributed by atoms with Gasteiger partial charge in [0.2, 0.25) is 0 Å². The summed E-state index contributed by atoms with van der Waals surface area (Å²) < 4.78 is 3.87. The zero-order chi connectivity index (χ0) is 10.7. The van der Waals surface area contributed by atoms with Crippen molar-refractivity contribution >= 4 is 11.5 Å². The minimum Gasteiger partial charge on any atom is -0.308 e. The molecule has 1 N–H and O–H groups in total. The molecule has 1 aromatic heterocycles. The van der Waals surface area contributed by atoms with Gasteiger partial charge in [-0.1, -0.05) is 31.2 Å². The zero-order valence-electron chi connectivity index (χ0n) is 9.44. The SMILES string of the molecule is C[C@H]1[C@@H](NCc2csnn2)CCC[C@@H]1C. The second kappa shape index (κ2) is 5.03. The third-order valence-corrected chi connectivity index (χ3v) is 4.21. The standard InChI is InChI=1S/C11H19N3S/c1-8-4-3-5-11(9(8)2)12-6-10-7-15-14-13-10/h7-9,11-12H,3-6H2,1-2H3/t8-,9+,11-/m0/s1. The van der Waals surface area contributed by atoms with Crippen LogP contribution in [0.2, 0.25) is 0 Å². The lowest BCUT2D eigenvalue weighted by Crippen LogP contribution is -2.40. The average molecular weight is 225 g/mol. The highest BCUT2D eigenvalue weighted by molar-refractivity contribution is 7.03. The predicted octanol–water partition coefficient (Wildman–Crippen LogP) is 2.45. The van der Waals surface area contributed by atoms with Gasteiger partial charge in [-0.3, -0.25) is 0 Å². The summed E-state index contributed by atoms with van der Waals surface area (Å²) in [6, 6.07) is 0.662. The first-order valence-corrected chi connectivity index (χ1v) is 6.60. The fraction of sp³-hybridized carbons (Fsp3) is 0.818. The lowest BCUT2D eigenvalue weighted by Gasteiger charge is -2.34. The van der Waals surface area contributed by atoms with Crippen molar-refractivity contribution in [1.82, 2.24) is 14.9 Å². The van der Waals surface area contributed by atoms with E-state index in [4.69, 9.17) is 0 Å². The third kappa shape index (κ3) is 2.75. The molecule has 1 aliphatic rings. The van der Waals surface area contributed by atoms with E-state index in [1.54, 1.807) is 0 Å². The van der Waals surface area contributed by atoms with Gasteiger partial charge >= 0.3 is 0 Å². The van der Waals surface area contributed by atoms with Crippen molar-refractivity contribution in [2.75, 3.05) is 0 Å². The summed E-state index contributed by atoms with van der Waals surface area (Å²) in [5, 5.41) is 9.68. The molecule has 15 heavy (non-hydrogen) atoms. The van der Waals surface area contributed by atoms with Crippen molar-refractivity contribution in [2.24, 2.45) is 11.8 Å². The molecule has 84 valence electrons. The summed E-state index contributed by atoms with van der Waals surface area (Å²) in [7, 11) is 0.